The third-order valence-corrected chi connectivity index (χ3v) is 2.86. The molecule has 0 saturated carbocycles. The molecule has 6 heteroatoms. The summed E-state index contributed by atoms with van der Waals surface area (Å²) >= 11 is 2.32. The van der Waals surface area contributed by atoms with E-state index in [1.165, 1.54) is 6.07 Å². The van der Waals surface area contributed by atoms with E-state index in [0.29, 0.717) is 5.69 Å². The quantitative estimate of drug-likeness (QED) is 0.881. The van der Waals surface area contributed by atoms with Gasteiger partial charge in [0.25, 0.3) is 0 Å². The largest absolute Gasteiger partial charge is 0.394 e. The number of aromatic nitrogens is 2. The van der Waals surface area contributed by atoms with E-state index in [2.05, 4.69) is 21.0 Å². The van der Waals surface area contributed by atoms with E-state index >= 15 is 0 Å². The summed E-state index contributed by atoms with van der Waals surface area (Å²) in [5.74, 6) is 0. The Labute approximate surface area is 111 Å². The van der Waals surface area contributed by atoms with Crippen LogP contribution in [0.2, 0.25) is 0 Å². The summed E-state index contributed by atoms with van der Waals surface area (Å²) < 4.78 is 27.8. The Morgan fingerprint density at radius 3 is 2.50 bits per heavy atom. The first kappa shape index (κ1) is 13.2. The van der Waals surface area contributed by atoms with Crippen molar-refractivity contribution in [3.63, 3.8) is 0 Å². The lowest BCUT2D eigenvalue weighted by Gasteiger charge is -2.09. The molecule has 0 aliphatic carbocycles. The van der Waals surface area contributed by atoms with Crippen LogP contribution in [0.5, 0.6) is 0 Å². The minimum Gasteiger partial charge on any atom is -0.394 e. The maximum absolute atomic E-state index is 13.3. The molecule has 3 nitrogen and oxygen atoms in total. The van der Waals surface area contributed by atoms with Gasteiger partial charge in [-0.05, 0) is 22.0 Å². The van der Waals surface area contributed by atoms with Gasteiger partial charge >= 0.3 is 4.83 Å². The van der Waals surface area contributed by atoms with Crippen LogP contribution >= 0.6 is 15.9 Å². The van der Waals surface area contributed by atoms with Crippen molar-refractivity contribution in [3.05, 3.63) is 42.1 Å². The molecule has 2 aromatic rings. The standard InChI is InChI=1S/C12H11BrF2N2O/c13-12(14,15)11-8-10(16-17(11)6-7-18)9-4-2-1-3-5-9/h1-5,8,18H,6-7H2. The topological polar surface area (TPSA) is 38.0 Å². The molecular formula is C12H11BrF2N2O. The number of hydrogen-bond donors (Lipinski definition) is 1. The highest BCUT2D eigenvalue weighted by atomic mass is 79.9. The Kier molecular flexibility index (Phi) is 3.77. The monoisotopic (exact) mass is 316 g/mol. The number of rotatable bonds is 4. The molecule has 0 aliphatic heterocycles. The molecule has 96 valence electrons. The van der Waals surface area contributed by atoms with Gasteiger partial charge in [-0.15, -0.1) is 0 Å². The summed E-state index contributed by atoms with van der Waals surface area (Å²) in [7, 11) is 0. The predicted molar refractivity (Wildman–Crippen MR) is 67.6 cm³/mol. The number of halogens is 3. The lowest BCUT2D eigenvalue weighted by molar-refractivity contribution is 0.101. The van der Waals surface area contributed by atoms with Crippen LogP contribution in [0.3, 0.4) is 0 Å². The Morgan fingerprint density at radius 2 is 1.94 bits per heavy atom. The van der Waals surface area contributed by atoms with Crippen LogP contribution in [0.1, 0.15) is 5.69 Å². The molecule has 1 N–H and O–H groups in total. The number of benzene rings is 1. The summed E-state index contributed by atoms with van der Waals surface area (Å²) in [4.78, 5) is -3.16. The van der Waals surface area contributed by atoms with Crippen LogP contribution in [-0.2, 0) is 11.4 Å². The van der Waals surface area contributed by atoms with Crippen molar-refractivity contribution >= 4 is 15.9 Å². The number of aliphatic hydroxyl groups excluding tert-OH is 1. The molecule has 0 saturated heterocycles. The van der Waals surface area contributed by atoms with Gasteiger partial charge in [-0.25, -0.2) is 0 Å². The molecule has 0 aliphatic rings. The first-order chi connectivity index (χ1) is 8.52. The Balaban J connectivity index is 2.46. The minimum atomic E-state index is -3.16. The molecule has 0 atom stereocenters. The van der Waals surface area contributed by atoms with Gasteiger partial charge in [0.15, 0.2) is 0 Å². The second kappa shape index (κ2) is 5.16. The van der Waals surface area contributed by atoms with Crippen molar-refractivity contribution < 1.29 is 13.9 Å². The van der Waals surface area contributed by atoms with Gasteiger partial charge < -0.3 is 5.11 Å². The normalized spacial score (nSPS) is 11.8. The van der Waals surface area contributed by atoms with E-state index in [0.717, 1.165) is 10.2 Å². The van der Waals surface area contributed by atoms with Gasteiger partial charge in [0.2, 0.25) is 0 Å². The first-order valence-electron chi connectivity index (χ1n) is 5.33. The molecule has 0 radical (unpaired) electrons. The average molecular weight is 317 g/mol. The van der Waals surface area contributed by atoms with Crippen molar-refractivity contribution in [2.75, 3.05) is 6.61 Å². The molecule has 0 spiro atoms. The SMILES string of the molecule is OCCn1nc(-c2ccccc2)cc1C(F)(F)Br. The van der Waals surface area contributed by atoms with Crippen LogP contribution in [0.25, 0.3) is 11.3 Å². The van der Waals surface area contributed by atoms with E-state index in [-0.39, 0.29) is 18.8 Å². The van der Waals surface area contributed by atoms with Gasteiger partial charge in [-0.1, -0.05) is 30.3 Å². The molecule has 0 fully saturated rings. The van der Waals surface area contributed by atoms with Crippen LogP contribution in [0.15, 0.2) is 36.4 Å². The first-order valence-corrected chi connectivity index (χ1v) is 6.13. The van der Waals surface area contributed by atoms with E-state index in [9.17, 15) is 8.78 Å². The Bertz CT molecular complexity index is 523. The van der Waals surface area contributed by atoms with Gasteiger partial charge in [0.05, 0.1) is 18.8 Å². The second-order valence-electron chi connectivity index (χ2n) is 3.73. The molecule has 2 rings (SSSR count). The maximum atomic E-state index is 13.3. The van der Waals surface area contributed by atoms with E-state index in [4.69, 9.17) is 5.11 Å². The molecule has 0 amide bonds. The van der Waals surface area contributed by atoms with Gasteiger partial charge in [0.1, 0.15) is 5.69 Å². The lowest BCUT2D eigenvalue weighted by Crippen LogP contribution is -2.14. The molecule has 0 unspecified atom stereocenters. The summed E-state index contributed by atoms with van der Waals surface area (Å²) in [6.45, 7) is -0.213. The summed E-state index contributed by atoms with van der Waals surface area (Å²) in [6, 6.07) is 10.4. The fourth-order valence-electron chi connectivity index (χ4n) is 1.66. The van der Waals surface area contributed by atoms with Crippen LogP contribution in [-0.4, -0.2) is 21.5 Å². The van der Waals surface area contributed by atoms with E-state index in [1.807, 2.05) is 18.2 Å². The van der Waals surface area contributed by atoms with Crippen LogP contribution in [0, 0.1) is 0 Å². The summed E-state index contributed by atoms with van der Waals surface area (Å²) in [5, 5.41) is 13.0. The van der Waals surface area contributed by atoms with Crippen molar-refractivity contribution in [2.24, 2.45) is 0 Å². The highest BCUT2D eigenvalue weighted by Crippen LogP contribution is 2.36. The minimum absolute atomic E-state index is 0.0311. The van der Waals surface area contributed by atoms with E-state index in [1.54, 1.807) is 12.1 Å². The van der Waals surface area contributed by atoms with Crippen molar-refractivity contribution in [1.82, 2.24) is 9.78 Å². The molecule has 0 bridgehead atoms. The summed E-state index contributed by atoms with van der Waals surface area (Å²) in [5.41, 5.74) is 0.945. The zero-order valence-corrected chi connectivity index (χ0v) is 10.9. The third-order valence-electron chi connectivity index (χ3n) is 2.45. The highest BCUT2D eigenvalue weighted by molar-refractivity contribution is 9.09. The molecule has 1 aromatic carbocycles. The molecule has 1 aromatic heterocycles. The maximum Gasteiger partial charge on any atom is 0.342 e. The van der Waals surface area contributed by atoms with Crippen molar-refractivity contribution in [3.8, 4) is 11.3 Å². The molecule has 18 heavy (non-hydrogen) atoms. The van der Waals surface area contributed by atoms with Gasteiger partial charge in [-0.3, -0.25) is 4.68 Å². The fourth-order valence-corrected chi connectivity index (χ4v) is 1.98. The Morgan fingerprint density at radius 1 is 1.28 bits per heavy atom. The molecule has 1 heterocycles. The van der Waals surface area contributed by atoms with Gasteiger partial charge in [0, 0.05) is 5.56 Å². The summed E-state index contributed by atoms with van der Waals surface area (Å²) in [6.07, 6.45) is 0. The predicted octanol–water partition coefficient (Wildman–Crippen LogP) is 2.99. The lowest BCUT2D eigenvalue weighted by atomic mass is 10.1. The number of alkyl halides is 3. The number of hydrogen-bond acceptors (Lipinski definition) is 2. The highest BCUT2D eigenvalue weighted by Gasteiger charge is 2.32. The average Bonchev–Trinajstić information content (AvgIpc) is 2.75. The van der Waals surface area contributed by atoms with Gasteiger partial charge in [-0.2, -0.15) is 13.9 Å². The Hall–Kier alpha value is -1.27. The number of nitrogens with zero attached hydrogens (tertiary/aromatic N) is 2. The second-order valence-corrected chi connectivity index (χ2v) is 4.72. The third kappa shape index (κ3) is 2.76. The van der Waals surface area contributed by atoms with Crippen molar-refractivity contribution in [2.45, 2.75) is 11.4 Å². The smallest absolute Gasteiger partial charge is 0.342 e. The number of aliphatic hydroxyl groups is 1. The van der Waals surface area contributed by atoms with Crippen LogP contribution in [0.4, 0.5) is 8.78 Å². The fraction of sp³-hybridized carbons (Fsp3) is 0.250. The molecular weight excluding hydrogens is 306 g/mol. The van der Waals surface area contributed by atoms with Crippen molar-refractivity contribution in [1.29, 1.82) is 0 Å². The zero-order valence-electron chi connectivity index (χ0n) is 9.35. The zero-order chi connectivity index (χ0) is 13.2. The van der Waals surface area contributed by atoms with Crippen LogP contribution < -0.4 is 0 Å². The van der Waals surface area contributed by atoms with E-state index < -0.39 is 4.83 Å².